The van der Waals surface area contributed by atoms with E-state index in [1.807, 2.05) is 0 Å². The number of aromatic amines is 1. The third-order valence-electron chi connectivity index (χ3n) is 4.69. The number of aliphatic carboxylic acids is 1. The van der Waals surface area contributed by atoms with Gasteiger partial charge in [-0.3, -0.25) is 19.2 Å². The summed E-state index contributed by atoms with van der Waals surface area (Å²) in [5.41, 5.74) is 6.34. The molecule has 0 radical (unpaired) electrons. The molecule has 29 heavy (non-hydrogen) atoms. The lowest BCUT2D eigenvalue weighted by Gasteiger charge is -2.28. The summed E-state index contributed by atoms with van der Waals surface area (Å²) in [4.78, 5) is 57.0. The maximum atomic E-state index is 12.8. The minimum absolute atomic E-state index is 0.0841. The molecule has 2 heterocycles. The predicted octanol–water partition coefficient (Wildman–Crippen LogP) is -1.73. The van der Waals surface area contributed by atoms with Crippen LogP contribution in [0.4, 0.5) is 0 Å². The topological polar surface area (TPSA) is 171 Å². The van der Waals surface area contributed by atoms with Crippen LogP contribution in [0.1, 0.15) is 25.5 Å². The molecule has 2 rings (SSSR count). The van der Waals surface area contributed by atoms with Crippen molar-refractivity contribution >= 4 is 36.3 Å². The van der Waals surface area contributed by atoms with E-state index in [0.717, 1.165) is 0 Å². The summed E-state index contributed by atoms with van der Waals surface area (Å²) in [7, 11) is 0. The van der Waals surface area contributed by atoms with Crippen LogP contribution in [0.2, 0.25) is 0 Å². The average molecular weight is 426 g/mol. The van der Waals surface area contributed by atoms with Gasteiger partial charge in [-0.1, -0.05) is 0 Å². The Hall–Kier alpha value is -2.60. The van der Waals surface area contributed by atoms with Crippen molar-refractivity contribution in [3.05, 3.63) is 18.2 Å². The number of nitrogens with two attached hydrogens (primary N) is 1. The van der Waals surface area contributed by atoms with Gasteiger partial charge in [-0.05, 0) is 19.8 Å². The number of likely N-dealkylation sites (tertiary alicyclic amines) is 1. The zero-order valence-electron chi connectivity index (χ0n) is 16.0. The highest BCUT2D eigenvalue weighted by Gasteiger charge is 2.37. The van der Waals surface area contributed by atoms with Gasteiger partial charge in [0.25, 0.3) is 0 Å². The number of aromatic nitrogens is 2. The summed E-state index contributed by atoms with van der Waals surface area (Å²) in [6, 6.07) is -3.72. The van der Waals surface area contributed by atoms with E-state index in [9.17, 15) is 19.2 Å². The van der Waals surface area contributed by atoms with Gasteiger partial charge in [0, 0.05) is 30.6 Å². The molecule has 0 spiro atoms. The molecular formula is C17H26N6O5S. The van der Waals surface area contributed by atoms with E-state index in [2.05, 4.69) is 33.2 Å². The Bertz CT molecular complexity index is 743. The molecule has 6 N–H and O–H groups in total. The van der Waals surface area contributed by atoms with Gasteiger partial charge in [-0.15, -0.1) is 0 Å². The fourth-order valence-corrected chi connectivity index (χ4v) is 3.22. The number of amides is 3. The fourth-order valence-electron chi connectivity index (χ4n) is 3.06. The van der Waals surface area contributed by atoms with E-state index in [1.165, 1.54) is 24.3 Å². The molecule has 11 nitrogen and oxygen atoms in total. The van der Waals surface area contributed by atoms with Crippen molar-refractivity contribution < 1.29 is 24.3 Å². The number of imidazole rings is 1. The SMILES string of the molecule is CC(NC(=O)C(Cc1cnc[nH]1)NC(=O)C1CCCN1C(=O)C(N)CS)C(=O)O. The Morgan fingerprint density at radius 3 is 2.72 bits per heavy atom. The molecule has 1 saturated heterocycles. The number of nitrogens with one attached hydrogen (secondary N) is 3. The summed E-state index contributed by atoms with van der Waals surface area (Å²) in [5, 5.41) is 14.0. The molecule has 4 atom stereocenters. The monoisotopic (exact) mass is 426 g/mol. The highest BCUT2D eigenvalue weighted by atomic mass is 32.1. The van der Waals surface area contributed by atoms with E-state index >= 15 is 0 Å². The average Bonchev–Trinajstić information content (AvgIpc) is 3.37. The van der Waals surface area contributed by atoms with Crippen molar-refractivity contribution in [3.8, 4) is 0 Å². The molecule has 1 aromatic rings. The van der Waals surface area contributed by atoms with E-state index in [0.29, 0.717) is 25.1 Å². The number of carbonyl (C=O) groups is 4. The maximum absolute atomic E-state index is 12.8. The molecule has 3 amide bonds. The number of carbonyl (C=O) groups excluding carboxylic acids is 3. The number of nitrogens with zero attached hydrogens (tertiary/aromatic N) is 2. The van der Waals surface area contributed by atoms with E-state index in [-0.39, 0.29) is 18.1 Å². The first-order valence-corrected chi connectivity index (χ1v) is 9.85. The lowest BCUT2D eigenvalue weighted by Crippen LogP contribution is -2.57. The predicted molar refractivity (Wildman–Crippen MR) is 106 cm³/mol. The minimum atomic E-state index is -1.20. The number of hydrogen-bond donors (Lipinski definition) is 6. The third-order valence-corrected chi connectivity index (χ3v) is 5.09. The zero-order valence-corrected chi connectivity index (χ0v) is 16.9. The van der Waals surface area contributed by atoms with Crippen molar-refractivity contribution in [1.29, 1.82) is 0 Å². The smallest absolute Gasteiger partial charge is 0.325 e. The van der Waals surface area contributed by atoms with Crippen molar-refractivity contribution in [2.75, 3.05) is 12.3 Å². The summed E-state index contributed by atoms with van der Waals surface area (Å²) in [6.07, 6.45) is 4.10. The van der Waals surface area contributed by atoms with Gasteiger partial charge in [-0.25, -0.2) is 4.98 Å². The molecule has 1 aliphatic heterocycles. The summed E-state index contributed by atoms with van der Waals surface area (Å²) >= 11 is 4.03. The van der Waals surface area contributed by atoms with Gasteiger partial charge >= 0.3 is 5.97 Å². The Morgan fingerprint density at radius 2 is 2.14 bits per heavy atom. The van der Waals surface area contributed by atoms with Crippen LogP contribution in [0.15, 0.2) is 12.5 Å². The number of rotatable bonds is 9. The molecular weight excluding hydrogens is 400 g/mol. The van der Waals surface area contributed by atoms with Crippen LogP contribution >= 0.6 is 12.6 Å². The normalized spacial score (nSPS) is 19.3. The number of H-pyrrole nitrogens is 1. The second-order valence-corrected chi connectivity index (χ2v) is 7.25. The van der Waals surface area contributed by atoms with Crippen LogP contribution in [-0.2, 0) is 25.6 Å². The molecule has 160 valence electrons. The Labute approximate surface area is 173 Å². The molecule has 0 aromatic carbocycles. The summed E-state index contributed by atoms with van der Waals surface area (Å²) in [5.74, 6) is -2.55. The number of carboxylic acids is 1. The van der Waals surface area contributed by atoms with Crippen LogP contribution in [0, 0.1) is 0 Å². The van der Waals surface area contributed by atoms with E-state index < -0.39 is 42.0 Å². The van der Waals surface area contributed by atoms with Gasteiger partial charge in [0.2, 0.25) is 17.7 Å². The molecule has 1 fully saturated rings. The first kappa shape index (κ1) is 22.7. The molecule has 1 aliphatic rings. The Balaban J connectivity index is 2.12. The number of thiol groups is 1. The Kier molecular flexibility index (Phi) is 8.02. The van der Waals surface area contributed by atoms with Crippen molar-refractivity contribution in [2.45, 2.75) is 50.4 Å². The molecule has 4 unspecified atom stereocenters. The quantitative estimate of drug-likeness (QED) is 0.255. The fraction of sp³-hybridized carbons (Fsp3) is 0.588. The molecule has 0 aliphatic carbocycles. The number of hydrogen-bond acceptors (Lipinski definition) is 7. The van der Waals surface area contributed by atoms with Gasteiger partial charge < -0.3 is 31.4 Å². The molecule has 12 heteroatoms. The van der Waals surface area contributed by atoms with Crippen LogP contribution < -0.4 is 16.4 Å². The summed E-state index contributed by atoms with van der Waals surface area (Å²) in [6.45, 7) is 1.72. The molecule has 0 saturated carbocycles. The Morgan fingerprint density at radius 1 is 1.41 bits per heavy atom. The van der Waals surface area contributed by atoms with Crippen LogP contribution in [0.5, 0.6) is 0 Å². The highest BCUT2D eigenvalue weighted by molar-refractivity contribution is 7.80. The van der Waals surface area contributed by atoms with Gasteiger partial charge in [0.05, 0.1) is 12.4 Å². The second-order valence-electron chi connectivity index (χ2n) is 6.89. The van der Waals surface area contributed by atoms with Gasteiger partial charge in [-0.2, -0.15) is 12.6 Å². The lowest BCUT2D eigenvalue weighted by atomic mass is 10.1. The second kappa shape index (κ2) is 10.3. The standard InChI is InChI=1S/C17H26N6O5S/c1-9(17(27)28)21-14(24)12(5-10-6-19-8-20-10)22-15(25)13-3-2-4-23(13)16(26)11(18)7-29/h6,8-9,11-13,29H,2-5,7,18H2,1H3,(H,19,20)(H,21,24)(H,22,25)(H,27,28). The zero-order chi connectivity index (χ0) is 21.6. The van der Waals surface area contributed by atoms with Crippen LogP contribution in [0.25, 0.3) is 0 Å². The van der Waals surface area contributed by atoms with Crippen molar-refractivity contribution in [2.24, 2.45) is 5.73 Å². The first-order valence-electron chi connectivity index (χ1n) is 9.22. The molecule has 0 bridgehead atoms. The maximum Gasteiger partial charge on any atom is 0.325 e. The van der Waals surface area contributed by atoms with Crippen molar-refractivity contribution in [1.82, 2.24) is 25.5 Å². The lowest BCUT2D eigenvalue weighted by molar-refractivity contribution is -0.142. The van der Waals surface area contributed by atoms with E-state index in [4.69, 9.17) is 10.8 Å². The first-order chi connectivity index (χ1) is 13.7. The van der Waals surface area contributed by atoms with Crippen LogP contribution in [0.3, 0.4) is 0 Å². The minimum Gasteiger partial charge on any atom is -0.480 e. The van der Waals surface area contributed by atoms with Crippen molar-refractivity contribution in [3.63, 3.8) is 0 Å². The van der Waals surface area contributed by atoms with Gasteiger partial charge in [0.15, 0.2) is 0 Å². The highest BCUT2D eigenvalue weighted by Crippen LogP contribution is 2.19. The summed E-state index contributed by atoms with van der Waals surface area (Å²) < 4.78 is 0. The van der Waals surface area contributed by atoms with Crippen LogP contribution in [-0.4, -0.2) is 80.1 Å². The van der Waals surface area contributed by atoms with Gasteiger partial charge in [0.1, 0.15) is 18.1 Å². The third kappa shape index (κ3) is 5.94. The largest absolute Gasteiger partial charge is 0.480 e. The number of carboxylic acid groups (broad SMARTS) is 1. The van der Waals surface area contributed by atoms with E-state index in [1.54, 1.807) is 0 Å². The molecule has 1 aromatic heterocycles.